The standard InChI is InChI=1S/C11H13N3O/c1-14(2)11(12)7-9-8-5-3-4-6-10(8)15-13-9/h3-6,12H,7H2,1-2H3. The smallest absolute Gasteiger partial charge is 0.167 e. The molecule has 0 fully saturated rings. The second-order valence-corrected chi connectivity index (χ2v) is 3.64. The molecule has 1 heterocycles. The van der Waals surface area contributed by atoms with Crippen LogP contribution in [0.2, 0.25) is 0 Å². The quantitative estimate of drug-likeness (QED) is 0.599. The van der Waals surface area contributed by atoms with E-state index in [0.29, 0.717) is 12.3 Å². The predicted molar refractivity (Wildman–Crippen MR) is 59.1 cm³/mol. The number of para-hydroxylation sites is 1. The maximum absolute atomic E-state index is 7.74. The second-order valence-electron chi connectivity index (χ2n) is 3.64. The fourth-order valence-electron chi connectivity index (χ4n) is 1.38. The highest BCUT2D eigenvalue weighted by Gasteiger charge is 2.10. The molecule has 0 radical (unpaired) electrons. The molecule has 1 aromatic carbocycles. The van der Waals surface area contributed by atoms with Crippen molar-refractivity contribution in [3.05, 3.63) is 30.0 Å². The Morgan fingerprint density at radius 2 is 2.13 bits per heavy atom. The minimum Gasteiger partial charge on any atom is -0.366 e. The van der Waals surface area contributed by atoms with Crippen LogP contribution in [0.1, 0.15) is 5.69 Å². The van der Waals surface area contributed by atoms with Gasteiger partial charge in [-0.1, -0.05) is 17.3 Å². The zero-order chi connectivity index (χ0) is 10.8. The number of amidine groups is 1. The van der Waals surface area contributed by atoms with Crippen molar-refractivity contribution in [2.45, 2.75) is 6.42 Å². The van der Waals surface area contributed by atoms with E-state index in [2.05, 4.69) is 5.16 Å². The van der Waals surface area contributed by atoms with E-state index in [4.69, 9.17) is 9.93 Å². The van der Waals surface area contributed by atoms with Crippen LogP contribution in [0.5, 0.6) is 0 Å². The number of hydrogen-bond donors (Lipinski definition) is 1. The number of nitrogens with one attached hydrogen (secondary N) is 1. The molecule has 4 nitrogen and oxygen atoms in total. The molecular weight excluding hydrogens is 190 g/mol. The van der Waals surface area contributed by atoms with E-state index in [1.165, 1.54) is 0 Å². The number of likely N-dealkylation sites (N-methyl/N-ethyl adjacent to an activating group) is 1. The van der Waals surface area contributed by atoms with Gasteiger partial charge >= 0.3 is 0 Å². The summed E-state index contributed by atoms with van der Waals surface area (Å²) in [4.78, 5) is 1.77. The summed E-state index contributed by atoms with van der Waals surface area (Å²) < 4.78 is 5.16. The molecule has 1 aromatic heterocycles. The SMILES string of the molecule is CN(C)C(=N)Cc1noc2ccccc12. The van der Waals surface area contributed by atoms with E-state index in [1.807, 2.05) is 38.4 Å². The van der Waals surface area contributed by atoms with Crippen molar-refractivity contribution in [2.24, 2.45) is 0 Å². The average molecular weight is 203 g/mol. The molecule has 78 valence electrons. The van der Waals surface area contributed by atoms with E-state index in [0.717, 1.165) is 16.7 Å². The highest BCUT2D eigenvalue weighted by molar-refractivity contribution is 5.87. The summed E-state index contributed by atoms with van der Waals surface area (Å²) in [6.07, 6.45) is 0.504. The van der Waals surface area contributed by atoms with Gasteiger partial charge in [0.1, 0.15) is 5.84 Å². The molecule has 0 saturated carbocycles. The first-order chi connectivity index (χ1) is 7.18. The molecule has 0 aliphatic rings. The Labute approximate surface area is 88.0 Å². The fourth-order valence-corrected chi connectivity index (χ4v) is 1.38. The third-order valence-corrected chi connectivity index (χ3v) is 2.33. The molecule has 0 amide bonds. The van der Waals surface area contributed by atoms with Gasteiger partial charge in [0.15, 0.2) is 5.58 Å². The molecule has 0 atom stereocenters. The Bertz CT molecular complexity index is 487. The molecule has 0 saturated heterocycles. The van der Waals surface area contributed by atoms with E-state index in [9.17, 15) is 0 Å². The van der Waals surface area contributed by atoms with Crippen molar-refractivity contribution >= 4 is 16.8 Å². The fraction of sp³-hybridized carbons (Fsp3) is 0.273. The summed E-state index contributed by atoms with van der Waals surface area (Å²) in [5.74, 6) is 0.522. The largest absolute Gasteiger partial charge is 0.366 e. The lowest BCUT2D eigenvalue weighted by Gasteiger charge is -2.11. The Balaban J connectivity index is 2.33. The van der Waals surface area contributed by atoms with Crippen LogP contribution < -0.4 is 0 Å². The zero-order valence-corrected chi connectivity index (χ0v) is 8.82. The summed E-state index contributed by atoms with van der Waals surface area (Å²) in [7, 11) is 3.70. The summed E-state index contributed by atoms with van der Waals surface area (Å²) >= 11 is 0. The van der Waals surface area contributed by atoms with Crippen molar-refractivity contribution in [3.63, 3.8) is 0 Å². The maximum Gasteiger partial charge on any atom is 0.167 e. The minimum atomic E-state index is 0.504. The third kappa shape index (κ3) is 1.83. The van der Waals surface area contributed by atoms with Crippen LogP contribution in [0.15, 0.2) is 28.8 Å². The molecule has 15 heavy (non-hydrogen) atoms. The lowest BCUT2D eigenvalue weighted by Crippen LogP contribution is -2.22. The molecular formula is C11H13N3O. The molecule has 2 rings (SSSR count). The summed E-state index contributed by atoms with van der Waals surface area (Å²) in [5, 5.41) is 12.7. The van der Waals surface area contributed by atoms with Crippen molar-refractivity contribution in [1.82, 2.24) is 10.1 Å². The van der Waals surface area contributed by atoms with Crippen molar-refractivity contribution in [1.29, 1.82) is 5.41 Å². The van der Waals surface area contributed by atoms with Gasteiger partial charge in [-0.05, 0) is 12.1 Å². The van der Waals surface area contributed by atoms with Gasteiger partial charge in [0.25, 0.3) is 0 Å². The lowest BCUT2D eigenvalue weighted by atomic mass is 10.1. The molecule has 0 spiro atoms. The number of fused-ring (bicyclic) bond motifs is 1. The molecule has 0 aliphatic carbocycles. The van der Waals surface area contributed by atoms with Crippen LogP contribution >= 0.6 is 0 Å². The number of hydrogen-bond acceptors (Lipinski definition) is 3. The molecule has 0 bridgehead atoms. The first kappa shape index (κ1) is 9.71. The van der Waals surface area contributed by atoms with Crippen molar-refractivity contribution < 1.29 is 4.52 Å². The Morgan fingerprint density at radius 1 is 1.40 bits per heavy atom. The summed E-state index contributed by atoms with van der Waals surface area (Å²) in [5.41, 5.74) is 1.60. The molecule has 1 N–H and O–H groups in total. The highest BCUT2D eigenvalue weighted by Crippen LogP contribution is 2.18. The first-order valence-electron chi connectivity index (χ1n) is 4.76. The van der Waals surface area contributed by atoms with Crippen LogP contribution in [-0.2, 0) is 6.42 Å². The van der Waals surface area contributed by atoms with Crippen LogP contribution in [-0.4, -0.2) is 30.0 Å². The predicted octanol–water partition coefficient (Wildman–Crippen LogP) is 1.91. The van der Waals surface area contributed by atoms with Crippen molar-refractivity contribution in [2.75, 3.05) is 14.1 Å². The Hall–Kier alpha value is -1.84. The third-order valence-electron chi connectivity index (χ3n) is 2.33. The van der Waals surface area contributed by atoms with Gasteiger partial charge in [0, 0.05) is 19.5 Å². The zero-order valence-electron chi connectivity index (χ0n) is 8.82. The van der Waals surface area contributed by atoms with Crippen LogP contribution in [0.4, 0.5) is 0 Å². The molecule has 4 heteroatoms. The molecule has 0 aliphatic heterocycles. The van der Waals surface area contributed by atoms with Crippen LogP contribution in [0, 0.1) is 5.41 Å². The maximum atomic E-state index is 7.74. The Kier molecular flexibility index (Phi) is 2.41. The van der Waals surface area contributed by atoms with Gasteiger partial charge in [-0.25, -0.2) is 0 Å². The van der Waals surface area contributed by atoms with Crippen LogP contribution in [0.3, 0.4) is 0 Å². The Morgan fingerprint density at radius 3 is 2.87 bits per heavy atom. The minimum absolute atomic E-state index is 0.504. The van der Waals surface area contributed by atoms with Gasteiger partial charge in [-0.15, -0.1) is 0 Å². The van der Waals surface area contributed by atoms with Gasteiger partial charge in [0.05, 0.1) is 12.1 Å². The lowest BCUT2D eigenvalue weighted by molar-refractivity contribution is 0.447. The number of aromatic nitrogens is 1. The van der Waals surface area contributed by atoms with Crippen molar-refractivity contribution in [3.8, 4) is 0 Å². The van der Waals surface area contributed by atoms with Gasteiger partial charge < -0.3 is 9.42 Å². The number of nitrogens with zero attached hydrogens (tertiary/aromatic N) is 2. The first-order valence-corrected chi connectivity index (χ1v) is 4.76. The molecule has 2 aromatic rings. The van der Waals surface area contributed by atoms with Gasteiger partial charge in [0.2, 0.25) is 0 Å². The number of benzene rings is 1. The normalized spacial score (nSPS) is 10.5. The summed E-state index contributed by atoms with van der Waals surface area (Å²) in [6.45, 7) is 0. The second kappa shape index (κ2) is 3.73. The van der Waals surface area contributed by atoms with E-state index >= 15 is 0 Å². The topological polar surface area (TPSA) is 53.1 Å². The average Bonchev–Trinajstić information content (AvgIpc) is 2.62. The van der Waals surface area contributed by atoms with E-state index in [-0.39, 0.29) is 0 Å². The van der Waals surface area contributed by atoms with Gasteiger partial charge in [-0.2, -0.15) is 0 Å². The van der Waals surface area contributed by atoms with E-state index < -0.39 is 0 Å². The van der Waals surface area contributed by atoms with E-state index in [1.54, 1.807) is 4.90 Å². The monoisotopic (exact) mass is 203 g/mol. The number of rotatable bonds is 2. The molecule has 0 unspecified atom stereocenters. The highest BCUT2D eigenvalue weighted by atomic mass is 16.5. The summed E-state index contributed by atoms with van der Waals surface area (Å²) in [6, 6.07) is 7.70. The van der Waals surface area contributed by atoms with Gasteiger partial charge in [-0.3, -0.25) is 5.41 Å². The van der Waals surface area contributed by atoms with Crippen LogP contribution in [0.25, 0.3) is 11.0 Å².